The van der Waals surface area contributed by atoms with Crippen LogP contribution in [0.25, 0.3) is 0 Å². The molecule has 7 nitrogen and oxygen atoms in total. The summed E-state index contributed by atoms with van der Waals surface area (Å²) in [5, 5.41) is -0.432. The van der Waals surface area contributed by atoms with Gasteiger partial charge in [0, 0.05) is 6.20 Å². The first kappa shape index (κ1) is 21.0. The first-order valence-corrected chi connectivity index (χ1v) is 12.7. The third-order valence-electron chi connectivity index (χ3n) is 5.51. The Morgan fingerprint density at radius 1 is 1.03 bits per heavy atom. The van der Waals surface area contributed by atoms with E-state index in [0.29, 0.717) is 30.3 Å². The average molecular weight is 471 g/mol. The molecular weight excluding hydrogens is 448 g/mol. The van der Waals surface area contributed by atoms with Gasteiger partial charge in [0.05, 0.1) is 22.9 Å². The number of carbonyl (C=O) groups excluding carboxylic acids is 1. The third-order valence-corrected chi connectivity index (χ3v) is 8.45. The van der Waals surface area contributed by atoms with Crippen molar-refractivity contribution in [2.24, 2.45) is 0 Å². The first-order chi connectivity index (χ1) is 15.4. The maximum atomic E-state index is 13.3. The molecule has 2 aromatic carbocycles. The predicted molar refractivity (Wildman–Crippen MR) is 121 cm³/mol. The number of ether oxygens (including phenoxy) is 2. The number of thioether (sulfide) groups is 1. The number of hydrogen-bond acceptors (Lipinski definition) is 6. The summed E-state index contributed by atoms with van der Waals surface area (Å²) in [6, 6.07) is 17.6. The molecule has 0 bridgehead atoms. The number of amides is 1. The molecule has 1 amide bonds. The van der Waals surface area contributed by atoms with E-state index >= 15 is 0 Å². The van der Waals surface area contributed by atoms with Crippen LogP contribution in [0.2, 0.25) is 0 Å². The summed E-state index contributed by atoms with van der Waals surface area (Å²) in [5.41, 5.74) is 1.52. The van der Waals surface area contributed by atoms with Gasteiger partial charge in [-0.15, -0.1) is 11.8 Å². The minimum absolute atomic E-state index is 0.0528. The van der Waals surface area contributed by atoms with E-state index in [9.17, 15) is 13.2 Å². The summed E-state index contributed by atoms with van der Waals surface area (Å²) in [4.78, 5) is 14.6. The molecule has 0 radical (unpaired) electrons. The van der Waals surface area contributed by atoms with Gasteiger partial charge in [0.25, 0.3) is 10.0 Å². The highest BCUT2D eigenvalue weighted by molar-refractivity contribution is 8.00. The number of carbonyl (C=O) groups is 1. The predicted octanol–water partition coefficient (Wildman–Crippen LogP) is 3.45. The summed E-state index contributed by atoms with van der Waals surface area (Å²) < 4.78 is 39.7. The molecule has 2 atom stereocenters. The van der Waals surface area contributed by atoms with E-state index in [2.05, 4.69) is 0 Å². The molecule has 166 valence electrons. The molecule has 0 N–H and O–H groups in total. The van der Waals surface area contributed by atoms with Crippen molar-refractivity contribution in [1.82, 2.24) is 8.87 Å². The number of hydrogen-bond donors (Lipinski definition) is 0. The summed E-state index contributed by atoms with van der Waals surface area (Å²) in [6.45, 7) is 2.53. The fourth-order valence-electron chi connectivity index (χ4n) is 3.88. The van der Waals surface area contributed by atoms with Gasteiger partial charge in [0.15, 0.2) is 17.6 Å². The van der Waals surface area contributed by atoms with E-state index in [1.807, 2.05) is 31.2 Å². The minimum Gasteiger partial charge on any atom is -0.486 e. The van der Waals surface area contributed by atoms with E-state index in [0.717, 1.165) is 5.56 Å². The zero-order chi connectivity index (χ0) is 22.3. The molecule has 1 fully saturated rings. The standard InChI is InChI=1S/C23H22N2O5S2/c1-16-8-10-18(11-9-16)32(27,28)25-12-4-5-19(25)23-24(22(26)15-31-23)13-17-14-29-20-6-2-3-7-21(20)30-17/h2-12,17,23H,13-15H2,1H3. The molecule has 5 rings (SSSR count). The monoisotopic (exact) mass is 470 g/mol. The van der Waals surface area contributed by atoms with Gasteiger partial charge in [0.1, 0.15) is 12.0 Å². The van der Waals surface area contributed by atoms with E-state index in [1.54, 1.807) is 41.3 Å². The number of rotatable bonds is 5. The third kappa shape index (κ3) is 3.75. The highest BCUT2D eigenvalue weighted by Crippen LogP contribution is 2.40. The molecule has 2 aliphatic rings. The summed E-state index contributed by atoms with van der Waals surface area (Å²) in [6.07, 6.45) is 1.19. The van der Waals surface area contributed by atoms with E-state index in [-0.39, 0.29) is 22.7 Å². The molecular formula is C23H22N2O5S2. The molecule has 9 heteroatoms. The molecule has 1 saturated heterocycles. The zero-order valence-corrected chi connectivity index (χ0v) is 19.0. The van der Waals surface area contributed by atoms with E-state index < -0.39 is 15.4 Å². The van der Waals surface area contributed by atoms with Crippen LogP contribution in [0.15, 0.2) is 71.8 Å². The van der Waals surface area contributed by atoms with Crippen LogP contribution in [-0.4, -0.2) is 48.2 Å². The summed E-state index contributed by atoms with van der Waals surface area (Å²) in [5.74, 6) is 1.55. The molecule has 32 heavy (non-hydrogen) atoms. The molecule has 3 heterocycles. The van der Waals surface area contributed by atoms with Crippen molar-refractivity contribution < 1.29 is 22.7 Å². The smallest absolute Gasteiger partial charge is 0.267 e. The van der Waals surface area contributed by atoms with E-state index in [1.165, 1.54) is 21.9 Å². The van der Waals surface area contributed by atoms with Crippen LogP contribution < -0.4 is 9.47 Å². The topological polar surface area (TPSA) is 77.8 Å². The minimum atomic E-state index is -3.79. The van der Waals surface area contributed by atoms with Gasteiger partial charge in [-0.25, -0.2) is 12.4 Å². The Balaban J connectivity index is 1.41. The molecule has 0 spiro atoms. The molecule has 2 unspecified atom stereocenters. The number of fused-ring (bicyclic) bond motifs is 1. The van der Waals surface area contributed by atoms with Gasteiger partial charge in [-0.05, 0) is 43.3 Å². The quantitative estimate of drug-likeness (QED) is 0.569. The van der Waals surface area contributed by atoms with Crippen LogP contribution in [0.4, 0.5) is 0 Å². The maximum Gasteiger partial charge on any atom is 0.267 e. The largest absolute Gasteiger partial charge is 0.486 e. The lowest BCUT2D eigenvalue weighted by Crippen LogP contribution is -2.43. The van der Waals surface area contributed by atoms with Crippen LogP contribution in [-0.2, 0) is 14.8 Å². The Hall–Kier alpha value is -2.91. The van der Waals surface area contributed by atoms with Crippen molar-refractivity contribution in [2.75, 3.05) is 18.9 Å². The second-order valence-electron chi connectivity index (χ2n) is 7.75. The van der Waals surface area contributed by atoms with Crippen LogP contribution in [0.1, 0.15) is 16.6 Å². The second kappa shape index (κ2) is 8.22. The van der Waals surface area contributed by atoms with Crippen LogP contribution in [0, 0.1) is 6.92 Å². The highest BCUT2D eigenvalue weighted by atomic mass is 32.2. The molecule has 0 aliphatic carbocycles. The SMILES string of the molecule is Cc1ccc(S(=O)(=O)n2cccc2C2SCC(=O)N2CC2COc3ccccc3O2)cc1. The fourth-order valence-corrected chi connectivity index (χ4v) is 6.54. The number of nitrogens with zero attached hydrogens (tertiary/aromatic N) is 2. The summed E-state index contributed by atoms with van der Waals surface area (Å²) in [7, 11) is -3.79. The normalized spacial score (nSPS) is 20.5. The lowest BCUT2D eigenvalue weighted by molar-refractivity contribution is -0.129. The van der Waals surface area contributed by atoms with Gasteiger partial charge in [0.2, 0.25) is 5.91 Å². The average Bonchev–Trinajstić information content (AvgIpc) is 3.42. The van der Waals surface area contributed by atoms with Gasteiger partial charge in [-0.3, -0.25) is 4.79 Å². The Kier molecular flexibility index (Phi) is 5.38. The van der Waals surface area contributed by atoms with Gasteiger partial charge >= 0.3 is 0 Å². The zero-order valence-electron chi connectivity index (χ0n) is 17.4. The Morgan fingerprint density at radius 2 is 1.78 bits per heavy atom. The van der Waals surface area contributed by atoms with Crippen molar-refractivity contribution in [3.63, 3.8) is 0 Å². The van der Waals surface area contributed by atoms with Gasteiger partial charge < -0.3 is 14.4 Å². The van der Waals surface area contributed by atoms with Crippen molar-refractivity contribution in [1.29, 1.82) is 0 Å². The van der Waals surface area contributed by atoms with Crippen LogP contribution in [0.5, 0.6) is 11.5 Å². The molecule has 3 aromatic rings. The van der Waals surface area contributed by atoms with Crippen molar-refractivity contribution in [3.8, 4) is 11.5 Å². The highest BCUT2D eigenvalue weighted by Gasteiger charge is 2.38. The van der Waals surface area contributed by atoms with E-state index in [4.69, 9.17) is 9.47 Å². The lowest BCUT2D eigenvalue weighted by atomic mass is 10.2. The molecule has 0 saturated carbocycles. The van der Waals surface area contributed by atoms with Crippen molar-refractivity contribution in [3.05, 3.63) is 78.1 Å². The number of para-hydroxylation sites is 2. The van der Waals surface area contributed by atoms with Crippen molar-refractivity contribution in [2.45, 2.75) is 23.3 Å². The Morgan fingerprint density at radius 3 is 2.56 bits per heavy atom. The molecule has 2 aliphatic heterocycles. The second-order valence-corrected chi connectivity index (χ2v) is 10.6. The number of aromatic nitrogens is 1. The van der Waals surface area contributed by atoms with Crippen molar-refractivity contribution >= 4 is 27.7 Å². The fraction of sp³-hybridized carbons (Fsp3) is 0.261. The molecule has 1 aromatic heterocycles. The Labute approximate surface area is 191 Å². The number of benzene rings is 2. The summed E-state index contributed by atoms with van der Waals surface area (Å²) >= 11 is 1.41. The number of aryl methyl sites for hydroxylation is 1. The van der Waals surface area contributed by atoms with Crippen LogP contribution in [0.3, 0.4) is 0 Å². The maximum absolute atomic E-state index is 13.3. The van der Waals surface area contributed by atoms with Crippen LogP contribution >= 0.6 is 11.8 Å². The van der Waals surface area contributed by atoms with Gasteiger partial charge in [-0.1, -0.05) is 29.8 Å². The lowest BCUT2D eigenvalue weighted by Gasteiger charge is -2.32. The Bertz CT molecular complexity index is 1250. The first-order valence-electron chi connectivity index (χ1n) is 10.2. The van der Waals surface area contributed by atoms with Gasteiger partial charge in [-0.2, -0.15) is 0 Å².